The van der Waals surface area contributed by atoms with E-state index in [1.54, 1.807) is 4.90 Å². The predicted octanol–water partition coefficient (Wildman–Crippen LogP) is 2.82. The fraction of sp³-hybridized carbons (Fsp3) is 0.263. The Bertz CT molecular complexity index is 806. The molecule has 0 aliphatic carbocycles. The Labute approximate surface area is 138 Å². The number of amides is 1. The van der Waals surface area contributed by atoms with Gasteiger partial charge in [-0.05, 0) is 17.7 Å². The fourth-order valence-electron chi connectivity index (χ4n) is 3.39. The van der Waals surface area contributed by atoms with E-state index in [0.29, 0.717) is 18.7 Å². The number of hydrogen-bond acceptors (Lipinski definition) is 3. The summed E-state index contributed by atoms with van der Waals surface area (Å²) in [7, 11) is 0. The minimum Gasteiger partial charge on any atom is -0.487 e. The molecule has 2 aromatic rings. The van der Waals surface area contributed by atoms with E-state index in [4.69, 9.17) is 4.74 Å². The van der Waals surface area contributed by atoms with Gasteiger partial charge >= 0.3 is 0 Å². The van der Waals surface area contributed by atoms with Crippen molar-refractivity contribution in [1.82, 2.24) is 4.90 Å². The molecule has 1 saturated heterocycles. The molecule has 2 aliphatic rings. The monoisotopic (exact) mass is 325 g/mol. The van der Waals surface area contributed by atoms with Crippen molar-refractivity contribution in [3.05, 3.63) is 65.5 Å². The van der Waals surface area contributed by atoms with Gasteiger partial charge in [-0.1, -0.05) is 30.3 Å². The molecule has 0 bridgehead atoms. The minimum atomic E-state index is -0.484. The van der Waals surface area contributed by atoms with Gasteiger partial charge in [0.2, 0.25) is 5.91 Å². The van der Waals surface area contributed by atoms with E-state index in [2.05, 4.69) is 0 Å². The zero-order valence-electron chi connectivity index (χ0n) is 12.9. The zero-order valence-corrected chi connectivity index (χ0v) is 12.9. The normalized spacial score (nSPS) is 22.6. The van der Waals surface area contributed by atoms with Crippen LogP contribution in [0, 0.1) is 11.7 Å². The highest BCUT2D eigenvalue weighted by molar-refractivity contribution is 6.03. The molecule has 2 aromatic carbocycles. The molecule has 1 amide bonds. The van der Waals surface area contributed by atoms with Crippen LogP contribution in [0.2, 0.25) is 0 Å². The molecule has 122 valence electrons. The van der Waals surface area contributed by atoms with Gasteiger partial charge in [-0.25, -0.2) is 4.39 Å². The van der Waals surface area contributed by atoms with E-state index >= 15 is 0 Å². The van der Waals surface area contributed by atoms with Crippen molar-refractivity contribution in [2.24, 2.45) is 5.92 Å². The van der Waals surface area contributed by atoms with Crippen LogP contribution in [-0.2, 0) is 11.3 Å². The lowest BCUT2D eigenvalue weighted by molar-refractivity contribution is -0.139. The van der Waals surface area contributed by atoms with E-state index in [1.807, 2.05) is 30.3 Å². The van der Waals surface area contributed by atoms with Gasteiger partial charge in [0.1, 0.15) is 17.7 Å². The van der Waals surface area contributed by atoms with Gasteiger partial charge in [-0.15, -0.1) is 0 Å². The van der Waals surface area contributed by atoms with Gasteiger partial charge in [0.05, 0.1) is 18.0 Å². The van der Waals surface area contributed by atoms with E-state index in [0.717, 1.165) is 5.56 Å². The maximum Gasteiger partial charge on any atom is 0.223 e. The molecular weight excluding hydrogens is 309 g/mol. The summed E-state index contributed by atoms with van der Waals surface area (Å²) in [6.07, 6.45) is -0.291. The molecular formula is C19H16FNO3. The standard InChI is InChI=1S/C19H16FNO3/c20-13-6-7-14-16(8-13)24-17-11-21(10-12-4-2-1-3-5-12)18(22)9-15(17)19(14)23/h1-8,15,17H,9-11H2. The third-order valence-electron chi connectivity index (χ3n) is 4.64. The number of halogens is 1. The number of hydrogen-bond donors (Lipinski definition) is 0. The van der Waals surface area contributed by atoms with Crippen LogP contribution in [0.15, 0.2) is 48.5 Å². The first-order chi connectivity index (χ1) is 11.6. The second-order valence-electron chi connectivity index (χ2n) is 6.23. The van der Waals surface area contributed by atoms with Crippen LogP contribution >= 0.6 is 0 Å². The molecule has 2 aliphatic heterocycles. The van der Waals surface area contributed by atoms with Gasteiger partial charge in [0.15, 0.2) is 5.78 Å². The second-order valence-corrected chi connectivity index (χ2v) is 6.23. The highest BCUT2D eigenvalue weighted by Gasteiger charge is 2.44. The maximum absolute atomic E-state index is 13.4. The Kier molecular flexibility index (Phi) is 3.56. The summed E-state index contributed by atoms with van der Waals surface area (Å²) < 4.78 is 19.3. The van der Waals surface area contributed by atoms with Gasteiger partial charge in [0, 0.05) is 19.0 Å². The number of ketones is 1. The highest BCUT2D eigenvalue weighted by atomic mass is 19.1. The molecule has 1 fully saturated rings. The molecule has 4 nitrogen and oxygen atoms in total. The minimum absolute atomic E-state index is 0.0531. The van der Waals surface area contributed by atoms with Gasteiger partial charge in [0.25, 0.3) is 0 Å². The summed E-state index contributed by atoms with van der Waals surface area (Å²) in [6, 6.07) is 13.6. The topological polar surface area (TPSA) is 46.6 Å². The van der Waals surface area contributed by atoms with Crippen molar-refractivity contribution >= 4 is 11.7 Å². The molecule has 2 heterocycles. The van der Waals surface area contributed by atoms with E-state index in [1.165, 1.54) is 18.2 Å². The Morgan fingerprint density at radius 2 is 1.92 bits per heavy atom. The Morgan fingerprint density at radius 1 is 1.12 bits per heavy atom. The molecule has 4 rings (SSSR count). The van der Waals surface area contributed by atoms with Crippen molar-refractivity contribution in [2.75, 3.05) is 6.54 Å². The molecule has 0 aromatic heterocycles. The van der Waals surface area contributed by atoms with Gasteiger partial charge < -0.3 is 9.64 Å². The van der Waals surface area contributed by atoms with Crippen LogP contribution < -0.4 is 4.74 Å². The number of ether oxygens (including phenoxy) is 1. The Hall–Kier alpha value is -2.69. The quantitative estimate of drug-likeness (QED) is 0.853. The average molecular weight is 325 g/mol. The van der Waals surface area contributed by atoms with E-state index in [9.17, 15) is 14.0 Å². The summed E-state index contributed by atoms with van der Waals surface area (Å²) in [5, 5.41) is 0. The number of nitrogens with zero attached hydrogens (tertiary/aromatic N) is 1. The summed E-state index contributed by atoms with van der Waals surface area (Å²) in [4.78, 5) is 26.7. The van der Waals surface area contributed by atoms with Crippen LogP contribution in [0.3, 0.4) is 0 Å². The first-order valence-electron chi connectivity index (χ1n) is 7.94. The molecule has 5 heteroatoms. The van der Waals surface area contributed by atoms with Crippen LogP contribution in [0.4, 0.5) is 4.39 Å². The first-order valence-corrected chi connectivity index (χ1v) is 7.94. The van der Waals surface area contributed by atoms with Crippen molar-refractivity contribution < 1.29 is 18.7 Å². The summed E-state index contributed by atoms with van der Waals surface area (Å²) in [5.41, 5.74) is 1.39. The Balaban J connectivity index is 1.58. The number of carbonyl (C=O) groups is 2. The molecule has 0 radical (unpaired) electrons. The number of carbonyl (C=O) groups excluding carboxylic acids is 2. The lowest BCUT2D eigenvalue weighted by atomic mass is 9.83. The SMILES string of the molecule is O=C1c2ccc(F)cc2OC2CN(Cc3ccccc3)C(=O)CC12. The summed E-state index contributed by atoms with van der Waals surface area (Å²) in [5.74, 6) is -0.831. The van der Waals surface area contributed by atoms with Gasteiger partial charge in [-0.2, -0.15) is 0 Å². The third-order valence-corrected chi connectivity index (χ3v) is 4.64. The summed E-state index contributed by atoms with van der Waals surface area (Å²) in [6.45, 7) is 0.816. The number of piperidine rings is 1. The average Bonchev–Trinajstić information content (AvgIpc) is 2.57. The van der Waals surface area contributed by atoms with Gasteiger partial charge in [-0.3, -0.25) is 9.59 Å². The maximum atomic E-state index is 13.4. The lowest BCUT2D eigenvalue weighted by Crippen LogP contribution is -2.53. The highest BCUT2D eigenvalue weighted by Crippen LogP contribution is 2.36. The Morgan fingerprint density at radius 3 is 2.71 bits per heavy atom. The first kappa shape index (κ1) is 14.9. The number of benzene rings is 2. The number of likely N-dealkylation sites (tertiary alicyclic amines) is 1. The largest absolute Gasteiger partial charge is 0.487 e. The number of Topliss-reactive ketones (excluding diaryl/α,β-unsaturated/α-hetero) is 1. The van der Waals surface area contributed by atoms with Crippen LogP contribution in [0.25, 0.3) is 0 Å². The van der Waals surface area contributed by atoms with Crippen LogP contribution in [0.1, 0.15) is 22.3 Å². The summed E-state index contributed by atoms with van der Waals surface area (Å²) >= 11 is 0. The molecule has 24 heavy (non-hydrogen) atoms. The molecule has 0 saturated carbocycles. The smallest absolute Gasteiger partial charge is 0.223 e. The molecule has 2 atom stereocenters. The number of fused-ring (bicyclic) bond motifs is 2. The van der Waals surface area contributed by atoms with Crippen molar-refractivity contribution in [3.8, 4) is 5.75 Å². The third kappa shape index (κ3) is 2.56. The molecule has 2 unspecified atom stereocenters. The van der Waals surface area contributed by atoms with Crippen molar-refractivity contribution in [2.45, 2.75) is 19.1 Å². The predicted molar refractivity (Wildman–Crippen MR) is 85.1 cm³/mol. The van der Waals surface area contributed by atoms with Crippen LogP contribution in [-0.4, -0.2) is 29.2 Å². The molecule has 0 N–H and O–H groups in total. The van der Waals surface area contributed by atoms with E-state index < -0.39 is 17.8 Å². The van der Waals surface area contributed by atoms with E-state index in [-0.39, 0.29) is 23.9 Å². The fourth-order valence-corrected chi connectivity index (χ4v) is 3.39. The lowest BCUT2D eigenvalue weighted by Gasteiger charge is -2.40. The van der Waals surface area contributed by atoms with Crippen LogP contribution in [0.5, 0.6) is 5.75 Å². The number of rotatable bonds is 2. The second kappa shape index (κ2) is 5.74. The molecule has 0 spiro atoms. The van der Waals surface area contributed by atoms with Crippen molar-refractivity contribution in [3.63, 3.8) is 0 Å². The zero-order chi connectivity index (χ0) is 16.7. The van der Waals surface area contributed by atoms with Crippen molar-refractivity contribution in [1.29, 1.82) is 0 Å².